The second-order valence-electron chi connectivity index (χ2n) is 7.81. The van der Waals surface area contributed by atoms with Crippen LogP contribution in [0.5, 0.6) is 5.75 Å². The third kappa shape index (κ3) is 4.87. The number of methoxy groups -OCH3 is 1. The number of hydrogen-bond acceptors (Lipinski definition) is 6. The first kappa shape index (κ1) is 23.3. The van der Waals surface area contributed by atoms with Crippen molar-refractivity contribution in [2.45, 2.75) is 19.9 Å². The largest absolute Gasteiger partial charge is 0.495 e. The maximum Gasteiger partial charge on any atom is 0.339 e. The normalized spacial score (nSPS) is 11.0. The van der Waals surface area contributed by atoms with Gasteiger partial charge in [-0.05, 0) is 38.1 Å². The second-order valence-corrected chi connectivity index (χ2v) is 8.25. The molecular weight excluding hydrogens is 456 g/mol. The van der Waals surface area contributed by atoms with Gasteiger partial charge in [0.25, 0.3) is 5.91 Å². The van der Waals surface area contributed by atoms with E-state index in [1.807, 2.05) is 44.2 Å². The molecule has 0 fully saturated rings. The first-order valence-corrected chi connectivity index (χ1v) is 11.0. The van der Waals surface area contributed by atoms with Gasteiger partial charge in [-0.25, -0.2) is 14.5 Å². The number of nitrogens with zero attached hydrogens (tertiary/aromatic N) is 3. The molecule has 0 aliphatic carbocycles. The Balaban J connectivity index is 1.60. The van der Waals surface area contributed by atoms with Gasteiger partial charge in [0.1, 0.15) is 5.75 Å². The molecule has 0 radical (unpaired) electrons. The number of rotatable bonds is 7. The summed E-state index contributed by atoms with van der Waals surface area (Å²) in [7, 11) is 1.48. The Morgan fingerprint density at radius 3 is 2.59 bits per heavy atom. The minimum atomic E-state index is -0.652. The lowest BCUT2D eigenvalue weighted by Gasteiger charge is -2.12. The van der Waals surface area contributed by atoms with E-state index in [-0.39, 0.29) is 11.6 Å². The lowest BCUT2D eigenvalue weighted by molar-refractivity contribution is -0.119. The van der Waals surface area contributed by atoms with Crippen molar-refractivity contribution < 1.29 is 19.1 Å². The van der Waals surface area contributed by atoms with Gasteiger partial charge in [0.15, 0.2) is 12.3 Å². The third-order valence-corrected chi connectivity index (χ3v) is 5.35. The number of carbonyl (C=O) groups is 2. The molecule has 0 saturated carbocycles. The molecular formula is C25H23ClN4O4. The number of halogens is 1. The Labute approximate surface area is 201 Å². The maximum atomic E-state index is 13.0. The zero-order chi connectivity index (χ0) is 24.2. The fraction of sp³-hybridized carbons (Fsp3) is 0.200. The molecule has 4 aromatic rings. The number of carbonyl (C=O) groups excluding carboxylic acids is 2. The van der Waals surface area contributed by atoms with Crippen LogP contribution in [-0.4, -0.2) is 40.4 Å². The fourth-order valence-corrected chi connectivity index (χ4v) is 3.67. The molecule has 0 atom stereocenters. The predicted octanol–water partition coefficient (Wildman–Crippen LogP) is 5.14. The summed E-state index contributed by atoms with van der Waals surface area (Å²) in [5, 5.41) is 8.02. The SMILES string of the molecule is COc1ccc(Cl)cc1NC(=O)COC(=O)c1cc(-c2ccccc2)nc2c1cnn2C(C)C. The molecule has 0 aliphatic rings. The van der Waals surface area contributed by atoms with Gasteiger partial charge < -0.3 is 14.8 Å². The average molecular weight is 479 g/mol. The first-order chi connectivity index (χ1) is 16.4. The van der Waals surface area contributed by atoms with Gasteiger partial charge in [0.05, 0.1) is 35.6 Å². The quantitative estimate of drug-likeness (QED) is 0.370. The Morgan fingerprint density at radius 1 is 1.12 bits per heavy atom. The number of anilines is 1. The fourth-order valence-electron chi connectivity index (χ4n) is 3.49. The van der Waals surface area contributed by atoms with Crippen molar-refractivity contribution in [3.63, 3.8) is 0 Å². The summed E-state index contributed by atoms with van der Waals surface area (Å²) in [5.41, 5.74) is 2.68. The molecule has 34 heavy (non-hydrogen) atoms. The van der Waals surface area contributed by atoms with E-state index in [0.717, 1.165) is 5.56 Å². The summed E-state index contributed by atoms with van der Waals surface area (Å²) >= 11 is 6.00. The number of aromatic nitrogens is 3. The summed E-state index contributed by atoms with van der Waals surface area (Å²) < 4.78 is 12.3. The highest BCUT2D eigenvalue weighted by Crippen LogP contribution is 2.28. The Hall–Kier alpha value is -3.91. The van der Waals surface area contributed by atoms with Gasteiger partial charge >= 0.3 is 5.97 Å². The molecule has 2 heterocycles. The van der Waals surface area contributed by atoms with Crippen molar-refractivity contribution >= 4 is 40.2 Å². The second kappa shape index (κ2) is 9.93. The molecule has 1 N–H and O–H groups in total. The molecule has 174 valence electrons. The van der Waals surface area contributed by atoms with Crippen LogP contribution in [-0.2, 0) is 9.53 Å². The number of hydrogen-bond donors (Lipinski definition) is 1. The lowest BCUT2D eigenvalue weighted by atomic mass is 10.1. The van der Waals surface area contributed by atoms with Crippen molar-refractivity contribution in [2.75, 3.05) is 19.0 Å². The third-order valence-electron chi connectivity index (χ3n) is 5.12. The smallest absolute Gasteiger partial charge is 0.339 e. The van der Waals surface area contributed by atoms with Gasteiger partial charge in [-0.2, -0.15) is 5.10 Å². The van der Waals surface area contributed by atoms with E-state index in [1.54, 1.807) is 35.1 Å². The molecule has 1 amide bonds. The lowest BCUT2D eigenvalue weighted by Crippen LogP contribution is -2.21. The highest BCUT2D eigenvalue weighted by Gasteiger charge is 2.20. The molecule has 2 aromatic heterocycles. The van der Waals surface area contributed by atoms with Crippen molar-refractivity contribution in [1.82, 2.24) is 14.8 Å². The summed E-state index contributed by atoms with van der Waals surface area (Å²) in [6.45, 7) is 3.48. The van der Waals surface area contributed by atoms with E-state index in [0.29, 0.717) is 33.2 Å². The number of amides is 1. The number of ether oxygens (including phenoxy) is 2. The predicted molar refractivity (Wildman–Crippen MR) is 130 cm³/mol. The van der Waals surface area contributed by atoms with Crippen LogP contribution in [0, 0.1) is 0 Å². The van der Waals surface area contributed by atoms with Crippen molar-refractivity contribution in [2.24, 2.45) is 0 Å². The van der Waals surface area contributed by atoms with E-state index < -0.39 is 18.5 Å². The summed E-state index contributed by atoms with van der Waals surface area (Å²) in [6.07, 6.45) is 1.59. The van der Waals surface area contributed by atoms with Crippen LogP contribution in [0.2, 0.25) is 5.02 Å². The van der Waals surface area contributed by atoms with Crippen molar-refractivity contribution in [3.05, 3.63) is 71.4 Å². The van der Waals surface area contributed by atoms with Gasteiger partial charge in [0.2, 0.25) is 0 Å². The highest BCUT2D eigenvalue weighted by atomic mass is 35.5. The van der Waals surface area contributed by atoms with Crippen LogP contribution < -0.4 is 10.1 Å². The molecule has 0 bridgehead atoms. The number of fused-ring (bicyclic) bond motifs is 1. The van der Waals surface area contributed by atoms with E-state index in [2.05, 4.69) is 10.4 Å². The topological polar surface area (TPSA) is 95.3 Å². The summed E-state index contributed by atoms with van der Waals surface area (Å²) in [4.78, 5) is 30.2. The highest BCUT2D eigenvalue weighted by molar-refractivity contribution is 6.31. The molecule has 8 nitrogen and oxygen atoms in total. The van der Waals surface area contributed by atoms with Crippen molar-refractivity contribution in [3.8, 4) is 17.0 Å². The molecule has 9 heteroatoms. The van der Waals surface area contributed by atoms with Gasteiger partial charge in [0, 0.05) is 16.6 Å². The van der Waals surface area contributed by atoms with Crippen molar-refractivity contribution in [1.29, 1.82) is 0 Å². The van der Waals surface area contributed by atoms with Gasteiger partial charge in [-0.15, -0.1) is 0 Å². The monoisotopic (exact) mass is 478 g/mol. The minimum absolute atomic E-state index is 0.0401. The zero-order valence-electron chi connectivity index (χ0n) is 18.9. The Morgan fingerprint density at radius 2 is 1.88 bits per heavy atom. The average Bonchev–Trinajstić information content (AvgIpc) is 3.27. The Kier molecular flexibility index (Phi) is 6.79. The zero-order valence-corrected chi connectivity index (χ0v) is 19.7. The van der Waals surface area contributed by atoms with E-state index in [1.165, 1.54) is 7.11 Å². The van der Waals surface area contributed by atoms with Crippen LogP contribution in [0.15, 0.2) is 60.8 Å². The first-order valence-electron chi connectivity index (χ1n) is 10.6. The summed E-state index contributed by atoms with van der Waals surface area (Å²) in [5.74, 6) is -0.741. The van der Waals surface area contributed by atoms with E-state index in [9.17, 15) is 9.59 Å². The van der Waals surface area contributed by atoms with Crippen LogP contribution in [0.25, 0.3) is 22.3 Å². The van der Waals surface area contributed by atoms with E-state index in [4.69, 9.17) is 26.1 Å². The number of nitrogens with one attached hydrogen (secondary N) is 1. The molecule has 0 spiro atoms. The van der Waals surface area contributed by atoms with Crippen LogP contribution in [0.3, 0.4) is 0 Å². The standard InChI is InChI=1S/C25H23ClN4O4/c1-15(2)30-24-19(13-27-30)18(12-20(29-24)16-7-5-4-6-8-16)25(32)34-14-23(31)28-21-11-17(26)9-10-22(21)33-3/h4-13,15H,14H2,1-3H3,(H,28,31). The number of benzene rings is 2. The van der Waals surface area contributed by atoms with Gasteiger partial charge in [-0.3, -0.25) is 4.79 Å². The number of pyridine rings is 1. The summed E-state index contributed by atoms with van der Waals surface area (Å²) in [6, 6.07) is 16.0. The maximum absolute atomic E-state index is 13.0. The van der Waals surface area contributed by atoms with Gasteiger partial charge in [-0.1, -0.05) is 41.9 Å². The van der Waals surface area contributed by atoms with Crippen LogP contribution >= 0.6 is 11.6 Å². The molecule has 0 aliphatic heterocycles. The molecule has 4 rings (SSSR count). The molecule has 0 unspecified atom stereocenters. The molecule has 2 aromatic carbocycles. The van der Waals surface area contributed by atoms with E-state index >= 15 is 0 Å². The van der Waals surface area contributed by atoms with Crippen LogP contribution in [0.1, 0.15) is 30.2 Å². The molecule has 0 saturated heterocycles. The number of esters is 1. The Bertz CT molecular complexity index is 1350. The minimum Gasteiger partial charge on any atom is -0.495 e. The van der Waals surface area contributed by atoms with Crippen LogP contribution in [0.4, 0.5) is 5.69 Å².